The van der Waals surface area contributed by atoms with Gasteiger partial charge in [-0.3, -0.25) is 19.2 Å². The molecular weight excluding hydrogens is 446 g/mol. The zero-order valence-corrected chi connectivity index (χ0v) is 18.4. The molecule has 0 bridgehead atoms. The lowest BCUT2D eigenvalue weighted by molar-refractivity contribution is -0.120. The normalized spacial score (nSPS) is 12.3. The molecule has 1 aromatic carbocycles. The Kier molecular flexibility index (Phi) is 6.10. The van der Waals surface area contributed by atoms with Crippen molar-refractivity contribution in [3.63, 3.8) is 0 Å². The van der Waals surface area contributed by atoms with Crippen LogP contribution in [0.3, 0.4) is 0 Å². The summed E-state index contributed by atoms with van der Waals surface area (Å²) < 4.78 is 5.31. The number of carbonyl (C=O) groups excluding carboxylic acids is 3. The third kappa shape index (κ3) is 4.70. The van der Waals surface area contributed by atoms with E-state index in [1.807, 2.05) is 0 Å². The van der Waals surface area contributed by atoms with Crippen molar-refractivity contribution < 1.29 is 19.1 Å². The SMILES string of the molecule is C#CCNC(=O)Cc1sc2nc(C(=O)NCc3ccc4c(c3)NC(=O)CO4)[nH]c(=O)c2c1C. The maximum atomic E-state index is 12.6. The number of aromatic nitrogens is 2. The summed E-state index contributed by atoms with van der Waals surface area (Å²) in [6, 6.07) is 5.17. The molecule has 0 atom stereocenters. The van der Waals surface area contributed by atoms with Gasteiger partial charge in [-0.1, -0.05) is 12.0 Å². The molecule has 4 N–H and O–H groups in total. The van der Waals surface area contributed by atoms with Gasteiger partial charge in [0.15, 0.2) is 6.61 Å². The van der Waals surface area contributed by atoms with Crippen molar-refractivity contribution in [2.75, 3.05) is 18.5 Å². The van der Waals surface area contributed by atoms with Gasteiger partial charge in [-0.2, -0.15) is 0 Å². The van der Waals surface area contributed by atoms with Crippen molar-refractivity contribution in [2.45, 2.75) is 19.9 Å². The van der Waals surface area contributed by atoms with E-state index >= 15 is 0 Å². The van der Waals surface area contributed by atoms with Gasteiger partial charge in [0.2, 0.25) is 11.7 Å². The number of thiophene rings is 1. The summed E-state index contributed by atoms with van der Waals surface area (Å²) in [5.74, 6) is 1.68. The summed E-state index contributed by atoms with van der Waals surface area (Å²) in [4.78, 5) is 56.5. The molecule has 0 unspecified atom stereocenters. The third-order valence-electron chi connectivity index (χ3n) is 4.95. The number of nitrogens with zero attached hydrogens (tertiary/aromatic N) is 1. The number of amides is 3. The molecule has 3 amide bonds. The molecular formula is C22H19N5O5S. The van der Waals surface area contributed by atoms with E-state index in [0.717, 1.165) is 5.56 Å². The molecule has 11 heteroatoms. The van der Waals surface area contributed by atoms with Crippen LogP contribution in [-0.4, -0.2) is 40.8 Å². The van der Waals surface area contributed by atoms with Gasteiger partial charge in [0.05, 0.1) is 24.0 Å². The quantitative estimate of drug-likeness (QED) is 0.398. The number of H-pyrrole nitrogens is 1. The van der Waals surface area contributed by atoms with Crippen molar-refractivity contribution in [1.29, 1.82) is 0 Å². The second-order valence-corrected chi connectivity index (χ2v) is 8.34. The highest BCUT2D eigenvalue weighted by Crippen LogP contribution is 2.29. The highest BCUT2D eigenvalue weighted by atomic mass is 32.1. The molecule has 0 radical (unpaired) electrons. The average molecular weight is 465 g/mol. The smallest absolute Gasteiger partial charge is 0.287 e. The topological polar surface area (TPSA) is 142 Å². The molecule has 4 rings (SSSR count). The van der Waals surface area contributed by atoms with Crippen LogP contribution in [0.2, 0.25) is 0 Å². The van der Waals surface area contributed by atoms with Crippen LogP contribution in [0, 0.1) is 19.3 Å². The first-order valence-corrected chi connectivity index (χ1v) is 10.7. The van der Waals surface area contributed by atoms with Crippen LogP contribution >= 0.6 is 11.3 Å². The minimum Gasteiger partial charge on any atom is -0.482 e. The van der Waals surface area contributed by atoms with Gasteiger partial charge in [-0.25, -0.2) is 4.98 Å². The number of carbonyl (C=O) groups is 3. The van der Waals surface area contributed by atoms with Crippen LogP contribution < -0.4 is 26.2 Å². The number of fused-ring (bicyclic) bond motifs is 2. The zero-order chi connectivity index (χ0) is 23.5. The number of ether oxygens (including phenoxy) is 1. The summed E-state index contributed by atoms with van der Waals surface area (Å²) in [7, 11) is 0. The molecule has 3 aromatic rings. The van der Waals surface area contributed by atoms with Crippen molar-refractivity contribution >= 4 is 45.0 Å². The Morgan fingerprint density at radius 3 is 2.91 bits per heavy atom. The molecule has 3 heterocycles. The Labute approximate surface area is 191 Å². The first-order valence-electron chi connectivity index (χ1n) is 9.92. The Bertz CT molecular complexity index is 1380. The van der Waals surface area contributed by atoms with E-state index in [1.165, 1.54) is 11.3 Å². The predicted octanol–water partition coefficient (Wildman–Crippen LogP) is 0.846. The standard InChI is InChI=1S/C22H19N5O5S/c1-3-6-23-16(28)8-15-11(2)18-20(30)26-19(27-22(18)33-15)21(31)24-9-12-4-5-14-13(7-12)25-17(29)10-32-14/h1,4-5,7H,6,8-10H2,2H3,(H,23,28)(H,24,31)(H,25,29)(H,26,27,30). The molecule has 168 valence electrons. The van der Waals surface area contributed by atoms with Crippen molar-refractivity contribution in [3.8, 4) is 18.1 Å². The zero-order valence-electron chi connectivity index (χ0n) is 17.5. The number of rotatable bonds is 6. The number of benzene rings is 1. The summed E-state index contributed by atoms with van der Waals surface area (Å²) in [5.41, 5.74) is 1.44. The van der Waals surface area contributed by atoms with Crippen LogP contribution in [0.25, 0.3) is 10.2 Å². The second-order valence-electron chi connectivity index (χ2n) is 7.25. The fourth-order valence-corrected chi connectivity index (χ4v) is 4.51. The minimum atomic E-state index is -0.564. The second kappa shape index (κ2) is 9.13. The molecule has 0 saturated carbocycles. The largest absolute Gasteiger partial charge is 0.482 e. The van der Waals surface area contributed by atoms with E-state index in [-0.39, 0.29) is 43.8 Å². The monoisotopic (exact) mass is 465 g/mol. The molecule has 0 saturated heterocycles. The number of aromatic amines is 1. The number of terminal acetylenes is 1. The molecule has 0 spiro atoms. The summed E-state index contributed by atoms with van der Waals surface area (Å²) >= 11 is 1.18. The number of nitrogens with one attached hydrogen (secondary N) is 4. The summed E-state index contributed by atoms with van der Waals surface area (Å²) in [6.07, 6.45) is 5.21. The number of hydrogen-bond donors (Lipinski definition) is 4. The van der Waals surface area contributed by atoms with Gasteiger partial charge in [0.25, 0.3) is 17.4 Å². The van der Waals surface area contributed by atoms with Crippen molar-refractivity contribution in [3.05, 3.63) is 50.4 Å². The van der Waals surface area contributed by atoms with E-state index in [1.54, 1.807) is 25.1 Å². The van der Waals surface area contributed by atoms with E-state index < -0.39 is 11.5 Å². The van der Waals surface area contributed by atoms with Crippen molar-refractivity contribution in [1.82, 2.24) is 20.6 Å². The first-order chi connectivity index (χ1) is 15.9. The minimum absolute atomic E-state index is 0.0376. The predicted molar refractivity (Wildman–Crippen MR) is 122 cm³/mol. The molecule has 33 heavy (non-hydrogen) atoms. The molecule has 1 aliphatic heterocycles. The highest BCUT2D eigenvalue weighted by Gasteiger charge is 2.19. The number of aryl methyl sites for hydroxylation is 1. The lowest BCUT2D eigenvalue weighted by atomic mass is 10.1. The fraction of sp³-hybridized carbons (Fsp3) is 0.227. The summed E-state index contributed by atoms with van der Waals surface area (Å²) in [5, 5.41) is 8.33. The van der Waals surface area contributed by atoms with Crippen LogP contribution in [0.1, 0.15) is 26.6 Å². The van der Waals surface area contributed by atoms with Crippen LogP contribution in [0.15, 0.2) is 23.0 Å². The molecule has 2 aromatic heterocycles. The van der Waals surface area contributed by atoms with E-state index in [0.29, 0.717) is 32.1 Å². The highest BCUT2D eigenvalue weighted by molar-refractivity contribution is 7.18. The Hall–Kier alpha value is -4.17. The van der Waals surface area contributed by atoms with E-state index in [9.17, 15) is 19.2 Å². The van der Waals surface area contributed by atoms with Crippen LogP contribution in [0.4, 0.5) is 5.69 Å². The molecule has 0 aliphatic carbocycles. The average Bonchev–Trinajstić information content (AvgIpc) is 3.11. The lowest BCUT2D eigenvalue weighted by Crippen LogP contribution is -2.28. The van der Waals surface area contributed by atoms with E-state index in [4.69, 9.17) is 11.2 Å². The van der Waals surface area contributed by atoms with Gasteiger partial charge in [-0.05, 0) is 30.2 Å². The fourth-order valence-electron chi connectivity index (χ4n) is 3.33. The van der Waals surface area contributed by atoms with Crippen molar-refractivity contribution in [2.24, 2.45) is 0 Å². The molecule has 10 nitrogen and oxygen atoms in total. The number of hydrogen-bond acceptors (Lipinski definition) is 7. The van der Waals surface area contributed by atoms with E-state index in [2.05, 4.69) is 31.8 Å². The Balaban J connectivity index is 1.50. The maximum absolute atomic E-state index is 12.6. The number of anilines is 1. The maximum Gasteiger partial charge on any atom is 0.287 e. The van der Waals surface area contributed by atoms with Crippen LogP contribution in [-0.2, 0) is 22.6 Å². The van der Waals surface area contributed by atoms with Gasteiger partial charge in [0, 0.05) is 11.4 Å². The Morgan fingerprint density at radius 1 is 1.30 bits per heavy atom. The first kappa shape index (κ1) is 22.0. The Morgan fingerprint density at radius 2 is 2.12 bits per heavy atom. The van der Waals surface area contributed by atoms with Gasteiger partial charge in [-0.15, -0.1) is 17.8 Å². The van der Waals surface area contributed by atoms with Gasteiger partial charge in [0.1, 0.15) is 10.6 Å². The molecule has 1 aliphatic rings. The van der Waals surface area contributed by atoms with Crippen LogP contribution in [0.5, 0.6) is 5.75 Å². The van der Waals surface area contributed by atoms with Gasteiger partial charge >= 0.3 is 0 Å². The third-order valence-corrected chi connectivity index (χ3v) is 6.14. The van der Waals surface area contributed by atoms with Gasteiger partial charge < -0.3 is 25.7 Å². The summed E-state index contributed by atoms with van der Waals surface area (Å²) in [6.45, 7) is 1.96. The lowest BCUT2D eigenvalue weighted by Gasteiger charge is -2.18. The molecule has 0 fully saturated rings.